The first-order valence-electron chi connectivity index (χ1n) is 17.1. The van der Waals surface area contributed by atoms with E-state index < -0.39 is 0 Å². The second kappa shape index (κ2) is 11.9. The Labute approximate surface area is 294 Å². The summed E-state index contributed by atoms with van der Waals surface area (Å²) in [5, 5.41) is 6.67. The molecule has 0 atom stereocenters. The van der Waals surface area contributed by atoms with Crippen LogP contribution in [0, 0.1) is 0 Å². The van der Waals surface area contributed by atoms with E-state index in [0.717, 1.165) is 71.7 Å². The number of nitrogens with zero attached hydrogens (tertiary/aromatic N) is 3. The lowest BCUT2D eigenvalue weighted by Gasteiger charge is -2.12. The van der Waals surface area contributed by atoms with Crippen LogP contribution in [0.15, 0.2) is 180 Å². The van der Waals surface area contributed by atoms with Gasteiger partial charge in [0.25, 0.3) is 0 Å². The molecule has 0 aliphatic rings. The van der Waals surface area contributed by atoms with Crippen LogP contribution in [0.5, 0.6) is 0 Å². The molecule has 8 aromatic carbocycles. The molecule has 2 aromatic heterocycles. The summed E-state index contributed by atoms with van der Waals surface area (Å²) >= 11 is 0. The normalized spacial score (nSPS) is 11.5. The smallest absolute Gasteiger partial charge is 0.164 e. The van der Waals surface area contributed by atoms with Crippen LogP contribution >= 0.6 is 0 Å². The third-order valence-electron chi connectivity index (χ3n) is 9.68. The van der Waals surface area contributed by atoms with Crippen molar-refractivity contribution in [3.63, 3.8) is 0 Å². The first-order valence-corrected chi connectivity index (χ1v) is 17.1. The number of aromatic nitrogens is 3. The Morgan fingerprint density at radius 1 is 0.333 bits per heavy atom. The van der Waals surface area contributed by atoms with Crippen LogP contribution in [-0.4, -0.2) is 15.0 Å². The van der Waals surface area contributed by atoms with Crippen molar-refractivity contribution in [2.75, 3.05) is 0 Å². The van der Waals surface area contributed by atoms with Crippen LogP contribution in [0.3, 0.4) is 0 Å². The summed E-state index contributed by atoms with van der Waals surface area (Å²) in [6, 6.07) is 61.0. The molecule has 10 rings (SSSR count). The van der Waals surface area contributed by atoms with Crippen LogP contribution < -0.4 is 0 Å². The molecule has 0 fully saturated rings. The lowest BCUT2D eigenvalue weighted by Crippen LogP contribution is -2.00. The van der Waals surface area contributed by atoms with Crippen molar-refractivity contribution >= 4 is 43.5 Å². The number of furan rings is 1. The SMILES string of the molecule is c1ccc(-c2cccc(-c3nc(-c4ccccc4)nc(-c4ccc(-c5ccc6ccccc6c5)c5oc6cc7ccccc7cc6c45)n3)c2)cc1. The fourth-order valence-corrected chi connectivity index (χ4v) is 7.15. The van der Waals surface area contributed by atoms with Gasteiger partial charge in [-0.15, -0.1) is 0 Å². The Morgan fingerprint density at radius 3 is 1.67 bits per heavy atom. The van der Waals surface area contributed by atoms with Gasteiger partial charge in [0.05, 0.1) is 0 Å². The van der Waals surface area contributed by atoms with E-state index in [0.29, 0.717) is 17.5 Å². The van der Waals surface area contributed by atoms with E-state index in [2.05, 4.69) is 140 Å². The lowest BCUT2D eigenvalue weighted by molar-refractivity contribution is 0.670. The molecule has 0 radical (unpaired) electrons. The molecule has 4 nitrogen and oxygen atoms in total. The summed E-state index contributed by atoms with van der Waals surface area (Å²) in [5.74, 6) is 1.82. The molecular formula is C47H29N3O. The number of rotatable bonds is 5. The maximum Gasteiger partial charge on any atom is 0.164 e. The zero-order chi connectivity index (χ0) is 33.7. The summed E-state index contributed by atoms with van der Waals surface area (Å²) in [6.07, 6.45) is 0. The van der Waals surface area contributed by atoms with Gasteiger partial charge in [-0.05, 0) is 74.6 Å². The van der Waals surface area contributed by atoms with Gasteiger partial charge in [0.2, 0.25) is 0 Å². The molecule has 2 heterocycles. The van der Waals surface area contributed by atoms with Crippen molar-refractivity contribution in [2.24, 2.45) is 0 Å². The van der Waals surface area contributed by atoms with Crippen molar-refractivity contribution in [3.8, 4) is 56.4 Å². The highest BCUT2D eigenvalue weighted by Crippen LogP contribution is 2.43. The molecule has 0 unspecified atom stereocenters. The molecule has 238 valence electrons. The molecule has 0 aliphatic heterocycles. The maximum atomic E-state index is 6.84. The topological polar surface area (TPSA) is 51.8 Å². The van der Waals surface area contributed by atoms with Gasteiger partial charge in [0.15, 0.2) is 17.5 Å². The van der Waals surface area contributed by atoms with Crippen molar-refractivity contribution < 1.29 is 4.42 Å². The molecule has 0 spiro atoms. The molecule has 10 aromatic rings. The molecule has 0 aliphatic carbocycles. The number of benzene rings is 8. The predicted molar refractivity (Wildman–Crippen MR) is 209 cm³/mol. The summed E-state index contributed by atoms with van der Waals surface area (Å²) in [4.78, 5) is 15.4. The lowest BCUT2D eigenvalue weighted by atomic mass is 9.96. The van der Waals surface area contributed by atoms with E-state index in [-0.39, 0.29) is 0 Å². The van der Waals surface area contributed by atoms with E-state index in [1.807, 2.05) is 36.4 Å². The minimum absolute atomic E-state index is 0.592. The van der Waals surface area contributed by atoms with Crippen LogP contribution in [0.25, 0.3) is 99.9 Å². The van der Waals surface area contributed by atoms with Gasteiger partial charge in [-0.2, -0.15) is 0 Å². The number of fused-ring (bicyclic) bond motifs is 5. The van der Waals surface area contributed by atoms with Crippen LogP contribution in [0.4, 0.5) is 0 Å². The van der Waals surface area contributed by atoms with Gasteiger partial charge in [0.1, 0.15) is 11.2 Å². The number of hydrogen-bond acceptors (Lipinski definition) is 4. The van der Waals surface area contributed by atoms with Gasteiger partial charge < -0.3 is 4.42 Å². The Bertz CT molecular complexity index is 2910. The quantitative estimate of drug-likeness (QED) is 0.186. The number of hydrogen-bond donors (Lipinski definition) is 0. The second-order valence-corrected chi connectivity index (χ2v) is 12.8. The predicted octanol–water partition coefficient (Wildman–Crippen LogP) is 12.4. The fourth-order valence-electron chi connectivity index (χ4n) is 7.15. The Morgan fingerprint density at radius 2 is 0.902 bits per heavy atom. The Kier molecular flexibility index (Phi) is 6.78. The monoisotopic (exact) mass is 651 g/mol. The summed E-state index contributed by atoms with van der Waals surface area (Å²) in [5.41, 5.74) is 8.72. The summed E-state index contributed by atoms with van der Waals surface area (Å²) in [7, 11) is 0. The van der Waals surface area contributed by atoms with Crippen LogP contribution in [0.2, 0.25) is 0 Å². The molecule has 0 saturated heterocycles. The van der Waals surface area contributed by atoms with Gasteiger partial charge in [-0.25, -0.2) is 15.0 Å². The van der Waals surface area contributed by atoms with Crippen molar-refractivity contribution in [3.05, 3.63) is 176 Å². The third-order valence-corrected chi connectivity index (χ3v) is 9.68. The van der Waals surface area contributed by atoms with E-state index in [1.165, 1.54) is 10.8 Å². The molecule has 4 heteroatoms. The third kappa shape index (κ3) is 5.13. The molecule has 0 amide bonds. The molecule has 0 N–H and O–H groups in total. The molecular weight excluding hydrogens is 623 g/mol. The van der Waals surface area contributed by atoms with Crippen molar-refractivity contribution in [1.29, 1.82) is 0 Å². The Hall–Kier alpha value is -6.91. The standard InChI is InChI=1S/C47H29N3O/c1-3-12-30(13-4-1)34-20-11-21-38(27-34)46-48-45(32-15-5-2-6-16-32)49-47(50-46)40-25-24-39(37-23-22-31-14-7-8-17-33(31)26-37)44-43(40)41-28-35-18-9-10-19-36(35)29-42(41)51-44/h1-29H. The summed E-state index contributed by atoms with van der Waals surface area (Å²) in [6.45, 7) is 0. The van der Waals surface area contributed by atoms with Gasteiger partial charge in [0, 0.05) is 33.0 Å². The Balaban J connectivity index is 1.24. The molecule has 51 heavy (non-hydrogen) atoms. The molecule has 0 saturated carbocycles. The van der Waals surface area contributed by atoms with Gasteiger partial charge in [-0.3, -0.25) is 0 Å². The second-order valence-electron chi connectivity index (χ2n) is 12.8. The van der Waals surface area contributed by atoms with E-state index >= 15 is 0 Å². The minimum atomic E-state index is 0.592. The highest BCUT2D eigenvalue weighted by molar-refractivity contribution is 6.18. The zero-order valence-electron chi connectivity index (χ0n) is 27.5. The van der Waals surface area contributed by atoms with Gasteiger partial charge in [-0.1, -0.05) is 140 Å². The average Bonchev–Trinajstić information content (AvgIpc) is 3.58. The van der Waals surface area contributed by atoms with Crippen LogP contribution in [0.1, 0.15) is 0 Å². The first kappa shape index (κ1) is 29.0. The zero-order valence-corrected chi connectivity index (χ0v) is 27.5. The fraction of sp³-hybridized carbons (Fsp3) is 0. The highest BCUT2D eigenvalue weighted by atomic mass is 16.3. The average molecular weight is 652 g/mol. The highest BCUT2D eigenvalue weighted by Gasteiger charge is 2.21. The van der Waals surface area contributed by atoms with Crippen molar-refractivity contribution in [2.45, 2.75) is 0 Å². The van der Waals surface area contributed by atoms with E-state index in [4.69, 9.17) is 19.4 Å². The van der Waals surface area contributed by atoms with E-state index in [1.54, 1.807) is 0 Å². The van der Waals surface area contributed by atoms with Crippen LogP contribution in [-0.2, 0) is 0 Å². The first-order chi connectivity index (χ1) is 25.2. The van der Waals surface area contributed by atoms with Crippen molar-refractivity contribution in [1.82, 2.24) is 15.0 Å². The minimum Gasteiger partial charge on any atom is -0.455 e. The van der Waals surface area contributed by atoms with E-state index in [9.17, 15) is 0 Å². The maximum absolute atomic E-state index is 6.84. The summed E-state index contributed by atoms with van der Waals surface area (Å²) < 4.78 is 6.84. The van der Waals surface area contributed by atoms with Gasteiger partial charge >= 0.3 is 0 Å². The largest absolute Gasteiger partial charge is 0.455 e. The molecule has 0 bridgehead atoms.